The maximum Gasteiger partial charge on any atom is 0.165 e. The fraction of sp³-hybridized carbons (Fsp3) is 0.188. The van der Waals surface area contributed by atoms with Crippen LogP contribution in [0.4, 0.5) is 14.5 Å². The molecule has 2 aromatic rings. The molecule has 0 fully saturated rings. The number of hydrogen-bond acceptors (Lipinski definition) is 3. The Labute approximate surface area is 121 Å². The third-order valence-corrected chi connectivity index (χ3v) is 3.15. The third kappa shape index (κ3) is 3.29. The zero-order chi connectivity index (χ0) is 15.4. The molecule has 0 aliphatic heterocycles. The van der Waals surface area contributed by atoms with Gasteiger partial charge in [-0.1, -0.05) is 6.07 Å². The Balaban J connectivity index is 2.22. The number of nitriles is 1. The van der Waals surface area contributed by atoms with E-state index < -0.39 is 11.6 Å². The first kappa shape index (κ1) is 14.8. The number of benzene rings is 2. The Bertz CT molecular complexity index is 695. The molecule has 0 radical (unpaired) electrons. The largest absolute Gasteiger partial charge is 0.494 e. The van der Waals surface area contributed by atoms with Crippen molar-refractivity contribution in [2.45, 2.75) is 13.0 Å². The number of nitrogens with zero attached hydrogens (tertiary/aromatic N) is 1. The first-order valence-corrected chi connectivity index (χ1v) is 6.34. The summed E-state index contributed by atoms with van der Waals surface area (Å²) in [7, 11) is 1.40. The van der Waals surface area contributed by atoms with Crippen LogP contribution in [-0.2, 0) is 0 Å². The van der Waals surface area contributed by atoms with Gasteiger partial charge in [0, 0.05) is 11.7 Å². The summed E-state index contributed by atoms with van der Waals surface area (Å²) in [5, 5.41) is 12.0. The van der Waals surface area contributed by atoms with Crippen molar-refractivity contribution in [3.63, 3.8) is 0 Å². The fourth-order valence-corrected chi connectivity index (χ4v) is 1.98. The van der Waals surface area contributed by atoms with Crippen LogP contribution in [-0.4, -0.2) is 7.11 Å². The maximum absolute atomic E-state index is 13.4. The average molecular weight is 288 g/mol. The van der Waals surface area contributed by atoms with Crippen LogP contribution in [0, 0.1) is 23.0 Å². The summed E-state index contributed by atoms with van der Waals surface area (Å²) in [5.41, 5.74) is 1.41. The van der Waals surface area contributed by atoms with Gasteiger partial charge in [0.05, 0.1) is 12.7 Å². The standard InChI is InChI=1S/C16H14F2N2O/c1-10(11-3-5-15(18)16(8-11)21-2)20-13-4-6-14(17)12(7-13)9-19/h3-8,10,20H,1-2H3. The summed E-state index contributed by atoms with van der Waals surface area (Å²) in [6.45, 7) is 1.88. The highest BCUT2D eigenvalue weighted by molar-refractivity contribution is 5.51. The van der Waals surface area contributed by atoms with Crippen LogP contribution in [0.5, 0.6) is 5.75 Å². The van der Waals surface area contributed by atoms with E-state index in [2.05, 4.69) is 5.32 Å². The van der Waals surface area contributed by atoms with Crippen LogP contribution < -0.4 is 10.1 Å². The van der Waals surface area contributed by atoms with E-state index in [9.17, 15) is 8.78 Å². The lowest BCUT2D eigenvalue weighted by Gasteiger charge is -2.17. The zero-order valence-electron chi connectivity index (χ0n) is 11.7. The second-order valence-corrected chi connectivity index (χ2v) is 4.57. The van der Waals surface area contributed by atoms with E-state index in [1.54, 1.807) is 24.3 Å². The van der Waals surface area contributed by atoms with E-state index in [-0.39, 0.29) is 17.4 Å². The molecule has 0 aromatic heterocycles. The van der Waals surface area contributed by atoms with Crippen molar-refractivity contribution in [1.29, 1.82) is 5.26 Å². The first-order chi connectivity index (χ1) is 10.0. The summed E-state index contributed by atoms with van der Waals surface area (Å²) < 4.78 is 31.6. The molecule has 21 heavy (non-hydrogen) atoms. The monoisotopic (exact) mass is 288 g/mol. The molecule has 0 saturated carbocycles. The number of anilines is 1. The third-order valence-electron chi connectivity index (χ3n) is 3.15. The van der Waals surface area contributed by atoms with Gasteiger partial charge in [-0.25, -0.2) is 8.78 Å². The molecule has 1 N–H and O–H groups in total. The van der Waals surface area contributed by atoms with E-state index in [1.165, 1.54) is 25.3 Å². The Morgan fingerprint density at radius 1 is 1.14 bits per heavy atom. The first-order valence-electron chi connectivity index (χ1n) is 6.34. The minimum Gasteiger partial charge on any atom is -0.494 e. The molecule has 0 aliphatic rings. The molecular formula is C16H14F2N2O. The van der Waals surface area contributed by atoms with Crippen molar-refractivity contribution in [3.05, 3.63) is 59.2 Å². The van der Waals surface area contributed by atoms with Crippen LogP contribution in [0.15, 0.2) is 36.4 Å². The number of methoxy groups -OCH3 is 1. The molecular weight excluding hydrogens is 274 g/mol. The molecule has 1 unspecified atom stereocenters. The number of nitrogens with one attached hydrogen (secondary N) is 1. The van der Waals surface area contributed by atoms with Gasteiger partial charge >= 0.3 is 0 Å². The lowest BCUT2D eigenvalue weighted by Crippen LogP contribution is -2.07. The number of hydrogen-bond donors (Lipinski definition) is 1. The molecule has 0 saturated heterocycles. The molecule has 2 aromatic carbocycles. The summed E-state index contributed by atoms with van der Waals surface area (Å²) in [6, 6.07) is 10.4. The van der Waals surface area contributed by atoms with Crippen molar-refractivity contribution in [3.8, 4) is 11.8 Å². The van der Waals surface area contributed by atoms with Gasteiger partial charge in [-0.15, -0.1) is 0 Å². The van der Waals surface area contributed by atoms with Crippen LogP contribution in [0.25, 0.3) is 0 Å². The lowest BCUT2D eigenvalue weighted by molar-refractivity contribution is 0.385. The molecule has 1 atom stereocenters. The second-order valence-electron chi connectivity index (χ2n) is 4.57. The Kier molecular flexibility index (Phi) is 4.39. The molecule has 0 bridgehead atoms. The minimum absolute atomic E-state index is 0.0242. The smallest absolute Gasteiger partial charge is 0.165 e. The summed E-state index contributed by atoms with van der Waals surface area (Å²) in [6.07, 6.45) is 0. The van der Waals surface area contributed by atoms with Crippen molar-refractivity contribution in [2.75, 3.05) is 12.4 Å². The van der Waals surface area contributed by atoms with Gasteiger partial charge in [0.25, 0.3) is 0 Å². The molecule has 5 heteroatoms. The van der Waals surface area contributed by atoms with Crippen LogP contribution in [0.2, 0.25) is 0 Å². The minimum atomic E-state index is -0.556. The highest BCUT2D eigenvalue weighted by Crippen LogP contribution is 2.25. The van der Waals surface area contributed by atoms with Gasteiger partial charge in [0.1, 0.15) is 11.9 Å². The quantitative estimate of drug-likeness (QED) is 0.924. The maximum atomic E-state index is 13.4. The van der Waals surface area contributed by atoms with Crippen LogP contribution in [0.3, 0.4) is 0 Å². The van der Waals surface area contributed by atoms with Crippen molar-refractivity contribution >= 4 is 5.69 Å². The highest BCUT2D eigenvalue weighted by Gasteiger charge is 2.11. The summed E-state index contributed by atoms with van der Waals surface area (Å²) in [4.78, 5) is 0. The van der Waals surface area contributed by atoms with E-state index >= 15 is 0 Å². The fourth-order valence-electron chi connectivity index (χ4n) is 1.98. The summed E-state index contributed by atoms with van der Waals surface area (Å²) >= 11 is 0. The number of rotatable bonds is 4. The molecule has 0 aliphatic carbocycles. The average Bonchev–Trinajstić information content (AvgIpc) is 2.49. The zero-order valence-corrected chi connectivity index (χ0v) is 11.7. The lowest BCUT2D eigenvalue weighted by atomic mass is 10.1. The molecule has 108 valence electrons. The Hall–Kier alpha value is -2.61. The molecule has 2 rings (SSSR count). The Morgan fingerprint density at radius 3 is 2.52 bits per heavy atom. The van der Waals surface area contributed by atoms with E-state index in [4.69, 9.17) is 10.00 Å². The van der Waals surface area contributed by atoms with E-state index in [0.717, 1.165) is 5.56 Å². The van der Waals surface area contributed by atoms with Crippen LogP contribution >= 0.6 is 0 Å². The number of ether oxygens (including phenoxy) is 1. The topological polar surface area (TPSA) is 45.0 Å². The van der Waals surface area contributed by atoms with Gasteiger partial charge in [-0.05, 0) is 42.8 Å². The van der Waals surface area contributed by atoms with Crippen LogP contribution in [0.1, 0.15) is 24.1 Å². The van der Waals surface area contributed by atoms with Gasteiger partial charge < -0.3 is 10.1 Å². The SMILES string of the molecule is COc1cc(C(C)Nc2ccc(F)c(C#N)c2)ccc1F. The summed E-state index contributed by atoms with van der Waals surface area (Å²) in [5.74, 6) is -0.820. The normalized spacial score (nSPS) is 11.6. The van der Waals surface area contributed by atoms with Crippen molar-refractivity contribution < 1.29 is 13.5 Å². The van der Waals surface area contributed by atoms with E-state index in [1.807, 2.05) is 6.92 Å². The molecule has 0 heterocycles. The Morgan fingerprint density at radius 2 is 1.86 bits per heavy atom. The number of halogens is 2. The second kappa shape index (κ2) is 6.23. The molecule has 3 nitrogen and oxygen atoms in total. The molecule has 0 amide bonds. The van der Waals surface area contributed by atoms with Gasteiger partial charge in [0.2, 0.25) is 0 Å². The highest BCUT2D eigenvalue weighted by atomic mass is 19.1. The molecule has 0 spiro atoms. The predicted octanol–water partition coefficient (Wildman–Crippen LogP) is 4.02. The predicted molar refractivity (Wildman–Crippen MR) is 76.1 cm³/mol. The van der Waals surface area contributed by atoms with Gasteiger partial charge in [-0.2, -0.15) is 5.26 Å². The van der Waals surface area contributed by atoms with Crippen molar-refractivity contribution in [1.82, 2.24) is 0 Å². The van der Waals surface area contributed by atoms with E-state index in [0.29, 0.717) is 5.69 Å². The van der Waals surface area contributed by atoms with Crippen molar-refractivity contribution in [2.24, 2.45) is 0 Å². The van der Waals surface area contributed by atoms with Gasteiger partial charge in [-0.3, -0.25) is 0 Å². The van der Waals surface area contributed by atoms with Gasteiger partial charge in [0.15, 0.2) is 11.6 Å².